The minimum Gasteiger partial charge on any atom is -0.339 e. The number of thioether (sulfide) groups is 1. The molecule has 0 spiro atoms. The molecule has 22 heavy (non-hydrogen) atoms. The molecule has 2 fully saturated rings. The largest absolute Gasteiger partial charge is 0.339 e. The minimum absolute atomic E-state index is 0.267. The molecule has 1 N–H and O–H groups in total. The average Bonchev–Trinajstić information content (AvgIpc) is 3.10. The lowest BCUT2D eigenvalue weighted by Gasteiger charge is -2.43. The Morgan fingerprint density at radius 1 is 1.41 bits per heavy atom. The maximum atomic E-state index is 13.4. The number of hydrogen-bond acceptors (Lipinski definition) is 4. The standard InChI is InChI=1S/C16H26N4OS/c1-13(2)14-12-19(10-11-22-14)15(21)16(4-7-17-8-5-16)20-9-3-6-18-20/h3,6,9,13-14,17H,4-5,7-8,10-12H2,1-2H3. The molecule has 5 nitrogen and oxygen atoms in total. The number of carbonyl (C=O) groups is 1. The van der Waals surface area contributed by atoms with Crippen molar-refractivity contribution in [3.8, 4) is 0 Å². The first-order chi connectivity index (χ1) is 10.6. The van der Waals surface area contributed by atoms with Gasteiger partial charge in [0.15, 0.2) is 0 Å². The molecular formula is C16H26N4OS. The van der Waals surface area contributed by atoms with E-state index in [4.69, 9.17) is 0 Å². The summed E-state index contributed by atoms with van der Waals surface area (Å²) in [6, 6.07) is 1.92. The van der Waals surface area contributed by atoms with E-state index in [1.807, 2.05) is 28.7 Å². The Labute approximate surface area is 136 Å². The number of piperidine rings is 1. The molecule has 1 aromatic heterocycles. The molecule has 2 aliphatic rings. The summed E-state index contributed by atoms with van der Waals surface area (Å²) in [4.78, 5) is 15.5. The summed E-state index contributed by atoms with van der Waals surface area (Å²) >= 11 is 2.01. The van der Waals surface area contributed by atoms with Crippen LogP contribution in [0.3, 0.4) is 0 Å². The van der Waals surface area contributed by atoms with E-state index in [0.717, 1.165) is 44.8 Å². The molecular weight excluding hydrogens is 296 g/mol. The lowest BCUT2D eigenvalue weighted by molar-refractivity contribution is -0.143. The van der Waals surface area contributed by atoms with Crippen molar-refractivity contribution in [2.24, 2.45) is 5.92 Å². The zero-order chi connectivity index (χ0) is 15.6. The summed E-state index contributed by atoms with van der Waals surface area (Å²) in [5, 5.41) is 8.34. The van der Waals surface area contributed by atoms with E-state index in [0.29, 0.717) is 11.2 Å². The van der Waals surface area contributed by atoms with Crippen LogP contribution in [0.1, 0.15) is 26.7 Å². The first-order valence-corrected chi connectivity index (χ1v) is 9.30. The molecule has 3 rings (SSSR count). The van der Waals surface area contributed by atoms with Gasteiger partial charge in [0.05, 0.1) is 0 Å². The Morgan fingerprint density at radius 3 is 2.82 bits per heavy atom. The lowest BCUT2D eigenvalue weighted by Crippen LogP contribution is -2.58. The van der Waals surface area contributed by atoms with Gasteiger partial charge in [0.2, 0.25) is 0 Å². The van der Waals surface area contributed by atoms with Crippen LogP contribution >= 0.6 is 11.8 Å². The smallest absolute Gasteiger partial charge is 0.250 e. The fourth-order valence-electron chi connectivity index (χ4n) is 3.46. The van der Waals surface area contributed by atoms with Crippen LogP contribution in [0.15, 0.2) is 18.5 Å². The van der Waals surface area contributed by atoms with E-state index < -0.39 is 5.54 Å². The van der Waals surface area contributed by atoms with Crippen LogP contribution in [0.2, 0.25) is 0 Å². The van der Waals surface area contributed by atoms with Crippen LogP contribution in [0.5, 0.6) is 0 Å². The van der Waals surface area contributed by atoms with Gasteiger partial charge in [0, 0.05) is 36.5 Å². The van der Waals surface area contributed by atoms with Gasteiger partial charge in [-0.3, -0.25) is 9.48 Å². The Bertz CT molecular complexity index is 496. The molecule has 2 saturated heterocycles. The van der Waals surface area contributed by atoms with Crippen LogP contribution < -0.4 is 5.32 Å². The van der Waals surface area contributed by atoms with Crippen molar-refractivity contribution in [1.29, 1.82) is 0 Å². The number of aromatic nitrogens is 2. The van der Waals surface area contributed by atoms with Gasteiger partial charge in [0.25, 0.3) is 5.91 Å². The van der Waals surface area contributed by atoms with Crippen LogP contribution in [0.4, 0.5) is 0 Å². The Hall–Kier alpha value is -1.01. The third-order valence-corrected chi connectivity index (χ3v) is 6.44. The van der Waals surface area contributed by atoms with Gasteiger partial charge >= 0.3 is 0 Å². The van der Waals surface area contributed by atoms with Crippen LogP contribution in [-0.4, -0.2) is 57.8 Å². The monoisotopic (exact) mass is 322 g/mol. The molecule has 0 bridgehead atoms. The third kappa shape index (κ3) is 2.91. The molecule has 2 aliphatic heterocycles. The van der Waals surface area contributed by atoms with Gasteiger partial charge in [-0.2, -0.15) is 16.9 Å². The van der Waals surface area contributed by atoms with Gasteiger partial charge in [0.1, 0.15) is 5.54 Å². The molecule has 1 aromatic rings. The van der Waals surface area contributed by atoms with E-state index in [2.05, 4.69) is 29.2 Å². The van der Waals surface area contributed by atoms with Crippen molar-refractivity contribution < 1.29 is 4.79 Å². The topological polar surface area (TPSA) is 50.2 Å². The quantitative estimate of drug-likeness (QED) is 0.917. The molecule has 0 saturated carbocycles. The predicted molar refractivity (Wildman–Crippen MR) is 90.0 cm³/mol. The summed E-state index contributed by atoms with van der Waals surface area (Å²) < 4.78 is 1.91. The first-order valence-electron chi connectivity index (χ1n) is 8.25. The van der Waals surface area contributed by atoms with Crippen molar-refractivity contribution in [1.82, 2.24) is 20.0 Å². The number of carbonyl (C=O) groups excluding carboxylic acids is 1. The van der Waals surface area contributed by atoms with Crippen LogP contribution in [-0.2, 0) is 10.3 Å². The normalized spacial score (nSPS) is 25.4. The second kappa shape index (κ2) is 6.62. The SMILES string of the molecule is CC(C)C1CN(C(=O)C2(n3cccn3)CCNCC2)CCS1. The van der Waals surface area contributed by atoms with Gasteiger partial charge in [-0.15, -0.1) is 0 Å². The minimum atomic E-state index is -0.488. The van der Waals surface area contributed by atoms with Gasteiger partial charge in [-0.1, -0.05) is 13.8 Å². The van der Waals surface area contributed by atoms with Gasteiger partial charge < -0.3 is 10.2 Å². The summed E-state index contributed by atoms with van der Waals surface area (Å²) in [5.74, 6) is 1.92. The highest BCUT2D eigenvalue weighted by molar-refractivity contribution is 8.00. The first kappa shape index (κ1) is 15.9. The van der Waals surface area contributed by atoms with Crippen LogP contribution in [0.25, 0.3) is 0 Å². The lowest BCUT2D eigenvalue weighted by atomic mass is 9.86. The van der Waals surface area contributed by atoms with E-state index in [9.17, 15) is 4.79 Å². The maximum absolute atomic E-state index is 13.4. The highest BCUT2D eigenvalue weighted by Gasteiger charge is 2.45. The fraction of sp³-hybridized carbons (Fsp3) is 0.750. The number of hydrogen-bond donors (Lipinski definition) is 1. The van der Waals surface area contributed by atoms with Gasteiger partial charge in [-0.05, 0) is 37.9 Å². The van der Waals surface area contributed by atoms with Crippen molar-refractivity contribution in [3.05, 3.63) is 18.5 Å². The molecule has 1 unspecified atom stereocenters. The summed E-state index contributed by atoms with van der Waals surface area (Å²) in [6.45, 7) is 7.99. The number of rotatable bonds is 3. The fourth-order valence-corrected chi connectivity index (χ4v) is 4.76. The molecule has 0 aliphatic carbocycles. The summed E-state index contributed by atoms with van der Waals surface area (Å²) in [7, 11) is 0. The predicted octanol–water partition coefficient (Wildman–Crippen LogP) is 1.56. The molecule has 6 heteroatoms. The molecule has 1 amide bonds. The molecule has 1 atom stereocenters. The number of amides is 1. The van der Waals surface area contributed by atoms with E-state index in [1.165, 1.54) is 0 Å². The second-order valence-electron chi connectivity index (χ2n) is 6.64. The highest BCUT2D eigenvalue weighted by atomic mass is 32.2. The zero-order valence-corrected chi connectivity index (χ0v) is 14.3. The third-order valence-electron chi connectivity index (χ3n) is 4.90. The molecule has 122 valence electrons. The number of nitrogens with zero attached hydrogens (tertiary/aromatic N) is 3. The van der Waals surface area contributed by atoms with Crippen molar-refractivity contribution in [3.63, 3.8) is 0 Å². The van der Waals surface area contributed by atoms with Crippen molar-refractivity contribution >= 4 is 17.7 Å². The van der Waals surface area contributed by atoms with E-state index >= 15 is 0 Å². The molecule has 0 aromatic carbocycles. The zero-order valence-electron chi connectivity index (χ0n) is 13.5. The molecule has 3 heterocycles. The maximum Gasteiger partial charge on any atom is 0.250 e. The Kier molecular flexibility index (Phi) is 4.78. The van der Waals surface area contributed by atoms with E-state index in [-0.39, 0.29) is 5.91 Å². The van der Waals surface area contributed by atoms with Crippen molar-refractivity contribution in [2.45, 2.75) is 37.5 Å². The number of nitrogens with one attached hydrogen (secondary N) is 1. The Morgan fingerprint density at radius 2 is 2.18 bits per heavy atom. The molecule has 0 radical (unpaired) electrons. The van der Waals surface area contributed by atoms with E-state index in [1.54, 1.807) is 6.20 Å². The Balaban J connectivity index is 1.83. The summed E-state index contributed by atoms with van der Waals surface area (Å²) in [5.41, 5.74) is -0.488. The van der Waals surface area contributed by atoms with Gasteiger partial charge in [-0.25, -0.2) is 0 Å². The summed E-state index contributed by atoms with van der Waals surface area (Å²) in [6.07, 6.45) is 5.37. The van der Waals surface area contributed by atoms with Crippen LogP contribution in [0, 0.1) is 5.92 Å². The second-order valence-corrected chi connectivity index (χ2v) is 7.98. The average molecular weight is 322 g/mol. The highest BCUT2D eigenvalue weighted by Crippen LogP contribution is 2.32. The van der Waals surface area contributed by atoms with Crippen molar-refractivity contribution in [2.75, 3.05) is 31.9 Å².